The lowest BCUT2D eigenvalue weighted by molar-refractivity contribution is -0.137. The lowest BCUT2D eigenvalue weighted by Gasteiger charge is -2.18. The highest BCUT2D eigenvalue weighted by Crippen LogP contribution is 2.29. The molecular weight excluding hydrogens is 361 g/mol. The summed E-state index contributed by atoms with van der Waals surface area (Å²) in [5.74, 6) is 0.514. The first-order chi connectivity index (χ1) is 12.6. The topological polar surface area (TPSA) is 70.7 Å². The number of urea groups is 1. The summed E-state index contributed by atoms with van der Waals surface area (Å²) in [6.45, 7) is 6.58. The maximum absolute atomic E-state index is 12.7. The zero-order chi connectivity index (χ0) is 19.8. The molecule has 1 aromatic carbocycles. The minimum Gasteiger partial charge on any atom is -0.338 e. The van der Waals surface area contributed by atoms with Crippen molar-refractivity contribution in [3.63, 3.8) is 0 Å². The Morgan fingerprint density at radius 2 is 1.85 bits per heavy atom. The molecule has 1 aliphatic rings. The van der Waals surface area contributed by atoms with Gasteiger partial charge in [-0.1, -0.05) is 38.1 Å². The van der Waals surface area contributed by atoms with Crippen LogP contribution in [0.25, 0.3) is 0 Å². The average molecular weight is 380 g/mol. The summed E-state index contributed by atoms with van der Waals surface area (Å²) in [7, 11) is 0. The molecule has 0 atom stereocenters. The number of nitrogens with one attached hydrogen (secondary N) is 1. The van der Waals surface area contributed by atoms with E-state index in [-0.39, 0.29) is 11.3 Å². The van der Waals surface area contributed by atoms with E-state index in [1.54, 1.807) is 6.07 Å². The second kappa shape index (κ2) is 6.71. The minimum atomic E-state index is -4.41. The number of amides is 2. The number of aliphatic imine (C=N–C) groups is 1. The van der Waals surface area contributed by atoms with Crippen LogP contribution in [0.15, 0.2) is 39.8 Å². The Hall–Kier alpha value is -2.84. The number of hydrogen-bond donors (Lipinski definition) is 1. The van der Waals surface area contributed by atoms with Gasteiger partial charge >= 0.3 is 12.2 Å². The van der Waals surface area contributed by atoms with Crippen molar-refractivity contribution in [2.75, 3.05) is 18.4 Å². The second-order valence-electron chi connectivity index (χ2n) is 7.19. The van der Waals surface area contributed by atoms with Crippen molar-refractivity contribution in [3.05, 3.63) is 47.2 Å². The van der Waals surface area contributed by atoms with Crippen molar-refractivity contribution < 1.29 is 22.5 Å². The number of anilines is 1. The van der Waals surface area contributed by atoms with Crippen LogP contribution in [0.3, 0.4) is 0 Å². The van der Waals surface area contributed by atoms with Gasteiger partial charge in [0.25, 0.3) is 0 Å². The van der Waals surface area contributed by atoms with Crippen LogP contribution in [0.4, 0.5) is 23.8 Å². The van der Waals surface area contributed by atoms with E-state index in [4.69, 9.17) is 4.52 Å². The molecule has 6 nitrogen and oxygen atoms in total. The third kappa shape index (κ3) is 4.12. The van der Waals surface area contributed by atoms with E-state index in [0.29, 0.717) is 30.2 Å². The van der Waals surface area contributed by atoms with Crippen molar-refractivity contribution in [1.82, 2.24) is 10.1 Å². The first-order valence-electron chi connectivity index (χ1n) is 8.33. The molecule has 0 fully saturated rings. The molecule has 0 radical (unpaired) electrons. The Balaban J connectivity index is 1.74. The fraction of sp³-hybridized carbons (Fsp3) is 0.389. The van der Waals surface area contributed by atoms with Gasteiger partial charge in [0.15, 0.2) is 0 Å². The smallest absolute Gasteiger partial charge is 0.338 e. The molecule has 0 unspecified atom stereocenters. The van der Waals surface area contributed by atoms with E-state index >= 15 is 0 Å². The quantitative estimate of drug-likeness (QED) is 0.845. The Morgan fingerprint density at radius 3 is 2.41 bits per heavy atom. The Morgan fingerprint density at radius 1 is 1.19 bits per heavy atom. The molecule has 3 rings (SSSR count). The van der Waals surface area contributed by atoms with Crippen LogP contribution in [0.1, 0.15) is 37.6 Å². The van der Waals surface area contributed by atoms with Crippen LogP contribution in [-0.4, -0.2) is 35.0 Å². The average Bonchev–Trinajstić information content (AvgIpc) is 3.22. The molecule has 27 heavy (non-hydrogen) atoms. The number of amidine groups is 1. The third-order valence-corrected chi connectivity index (χ3v) is 4.07. The number of hydrogen-bond acceptors (Lipinski definition) is 4. The molecule has 1 aromatic heterocycles. The molecular formula is C18H19F3N4O2. The fourth-order valence-corrected chi connectivity index (χ4v) is 2.56. The van der Waals surface area contributed by atoms with Crippen LogP contribution in [-0.2, 0) is 11.6 Å². The number of alkyl halides is 3. The lowest BCUT2D eigenvalue weighted by atomic mass is 9.92. The van der Waals surface area contributed by atoms with Crippen molar-refractivity contribution in [1.29, 1.82) is 0 Å². The van der Waals surface area contributed by atoms with Crippen LogP contribution in [0.2, 0.25) is 0 Å². The van der Waals surface area contributed by atoms with Gasteiger partial charge in [0, 0.05) is 23.6 Å². The first-order valence-corrected chi connectivity index (χ1v) is 8.33. The summed E-state index contributed by atoms with van der Waals surface area (Å²) in [6, 6.07) is 5.71. The molecule has 9 heteroatoms. The number of carbonyl (C=O) groups is 1. The number of carbonyl (C=O) groups excluding carboxylic acids is 1. The van der Waals surface area contributed by atoms with Crippen LogP contribution in [0.5, 0.6) is 0 Å². The maximum Gasteiger partial charge on any atom is 0.416 e. The van der Waals surface area contributed by atoms with E-state index in [2.05, 4.69) is 15.5 Å². The van der Waals surface area contributed by atoms with E-state index in [1.165, 1.54) is 17.0 Å². The zero-order valence-corrected chi connectivity index (χ0v) is 15.1. The highest BCUT2D eigenvalue weighted by atomic mass is 19.4. The molecule has 0 aliphatic carbocycles. The van der Waals surface area contributed by atoms with E-state index in [0.717, 1.165) is 12.1 Å². The highest BCUT2D eigenvalue weighted by Gasteiger charge is 2.31. The lowest BCUT2D eigenvalue weighted by Crippen LogP contribution is -2.38. The van der Waals surface area contributed by atoms with Crippen molar-refractivity contribution in [2.45, 2.75) is 32.4 Å². The van der Waals surface area contributed by atoms with Crippen LogP contribution < -0.4 is 5.32 Å². The van der Waals surface area contributed by atoms with Gasteiger partial charge in [-0.3, -0.25) is 15.2 Å². The standard InChI is InChI=1S/C18H19F3N4O2/c1-17(2,3)13-10-14(27-24-13)23-16(26)25-9-8-22-15(25)11-4-6-12(7-5-11)18(19,20)21/h4-7,10H,8-9H2,1-3H3,(H,23,26). The predicted molar refractivity (Wildman–Crippen MR) is 93.8 cm³/mol. The molecule has 0 spiro atoms. The maximum atomic E-state index is 12.7. The summed E-state index contributed by atoms with van der Waals surface area (Å²) in [6.07, 6.45) is -4.41. The summed E-state index contributed by atoms with van der Waals surface area (Å²) in [4.78, 5) is 18.2. The Kier molecular flexibility index (Phi) is 4.71. The predicted octanol–water partition coefficient (Wildman–Crippen LogP) is 4.29. The fourth-order valence-electron chi connectivity index (χ4n) is 2.56. The SMILES string of the molecule is CC(C)(C)c1cc(NC(=O)N2CCN=C2c2ccc(C(F)(F)F)cc2)on1. The van der Waals surface area contributed by atoms with Crippen LogP contribution in [0, 0.1) is 0 Å². The Bertz CT molecular complexity index is 864. The van der Waals surface area contributed by atoms with Crippen LogP contribution >= 0.6 is 0 Å². The summed E-state index contributed by atoms with van der Waals surface area (Å²) in [5.41, 5.74) is 0.143. The Labute approximate surface area is 154 Å². The highest BCUT2D eigenvalue weighted by molar-refractivity contribution is 6.11. The van der Waals surface area contributed by atoms with Gasteiger partial charge in [-0.2, -0.15) is 13.2 Å². The molecule has 0 saturated carbocycles. The summed E-state index contributed by atoms with van der Waals surface area (Å²) < 4.78 is 43.3. The first kappa shape index (κ1) is 18.9. The number of rotatable bonds is 2. The normalized spacial score (nSPS) is 15.0. The molecule has 2 aromatic rings. The third-order valence-electron chi connectivity index (χ3n) is 4.07. The number of halogens is 3. The molecule has 144 valence electrons. The van der Waals surface area contributed by atoms with E-state index in [9.17, 15) is 18.0 Å². The summed E-state index contributed by atoms with van der Waals surface area (Å²) >= 11 is 0. The number of benzene rings is 1. The van der Waals surface area contributed by atoms with E-state index < -0.39 is 17.8 Å². The van der Waals surface area contributed by atoms with Gasteiger partial charge in [-0.25, -0.2) is 4.79 Å². The zero-order valence-electron chi connectivity index (χ0n) is 15.1. The van der Waals surface area contributed by atoms with Crippen molar-refractivity contribution in [2.24, 2.45) is 4.99 Å². The number of nitrogens with zero attached hydrogens (tertiary/aromatic N) is 3. The van der Waals surface area contributed by atoms with Gasteiger partial charge in [0.2, 0.25) is 5.88 Å². The van der Waals surface area contributed by atoms with Crippen molar-refractivity contribution in [3.8, 4) is 0 Å². The molecule has 0 saturated heterocycles. The monoisotopic (exact) mass is 380 g/mol. The number of aromatic nitrogens is 1. The molecule has 2 heterocycles. The van der Waals surface area contributed by atoms with Crippen molar-refractivity contribution >= 4 is 17.8 Å². The molecule has 2 amide bonds. The van der Waals surface area contributed by atoms with Gasteiger partial charge in [0.1, 0.15) is 5.84 Å². The largest absolute Gasteiger partial charge is 0.416 e. The van der Waals surface area contributed by atoms with Gasteiger partial charge in [-0.05, 0) is 12.1 Å². The molecule has 1 aliphatic heterocycles. The molecule has 0 bridgehead atoms. The van der Waals surface area contributed by atoms with E-state index in [1.807, 2.05) is 20.8 Å². The molecule has 1 N–H and O–H groups in total. The summed E-state index contributed by atoms with van der Waals surface area (Å²) in [5, 5.41) is 6.54. The second-order valence-corrected chi connectivity index (χ2v) is 7.19. The van der Waals surface area contributed by atoms with Gasteiger partial charge in [0.05, 0.1) is 17.8 Å². The van der Waals surface area contributed by atoms with Gasteiger partial charge in [-0.15, -0.1) is 0 Å². The van der Waals surface area contributed by atoms with Gasteiger partial charge < -0.3 is 4.52 Å². The minimum absolute atomic E-state index is 0.198.